The average molecular weight is 485 g/mol. The highest BCUT2D eigenvalue weighted by atomic mass is 79.9. The van der Waals surface area contributed by atoms with Crippen LogP contribution in [0, 0.1) is 0 Å². The fourth-order valence-corrected chi connectivity index (χ4v) is 2.59. The van der Waals surface area contributed by atoms with Crippen molar-refractivity contribution in [1.29, 1.82) is 0 Å². The molecule has 1 aromatic rings. The lowest BCUT2D eigenvalue weighted by atomic mass is 10.2. The first-order chi connectivity index (χ1) is 10.1. The average Bonchev–Trinajstić information content (AvgIpc) is 2.43. The Labute approximate surface area is 152 Å². The summed E-state index contributed by atoms with van der Waals surface area (Å²) in [6.45, 7) is 5.73. The maximum absolute atomic E-state index is 5.88. The molecule has 0 atom stereocenters. The SMILES string of the molecule is CCCCOc1cc(Br)c(C=C(Br)Br)cc1OCCCC. The quantitative estimate of drug-likeness (QED) is 0.355. The number of benzene rings is 1. The van der Waals surface area contributed by atoms with Gasteiger partial charge in [-0.1, -0.05) is 42.6 Å². The second kappa shape index (κ2) is 10.7. The van der Waals surface area contributed by atoms with Gasteiger partial charge in [0.05, 0.1) is 16.6 Å². The lowest BCUT2D eigenvalue weighted by Gasteiger charge is -2.14. The molecule has 118 valence electrons. The summed E-state index contributed by atoms with van der Waals surface area (Å²) < 4.78 is 13.6. The Balaban J connectivity index is 2.97. The van der Waals surface area contributed by atoms with Gasteiger partial charge in [0.1, 0.15) is 0 Å². The summed E-state index contributed by atoms with van der Waals surface area (Å²) in [6.07, 6.45) is 6.29. The van der Waals surface area contributed by atoms with Gasteiger partial charge in [-0.2, -0.15) is 0 Å². The molecule has 0 saturated heterocycles. The van der Waals surface area contributed by atoms with E-state index in [1.165, 1.54) is 0 Å². The molecule has 0 unspecified atom stereocenters. The van der Waals surface area contributed by atoms with Crippen molar-refractivity contribution in [2.24, 2.45) is 0 Å². The fraction of sp³-hybridized carbons (Fsp3) is 0.500. The van der Waals surface area contributed by atoms with Gasteiger partial charge in [0, 0.05) is 4.47 Å². The molecule has 1 rings (SSSR count). The Kier molecular flexibility index (Phi) is 9.69. The van der Waals surface area contributed by atoms with E-state index in [1.807, 2.05) is 18.2 Å². The third-order valence-corrected chi connectivity index (χ3v) is 3.98. The first-order valence-corrected chi connectivity index (χ1v) is 9.58. The van der Waals surface area contributed by atoms with E-state index < -0.39 is 0 Å². The molecule has 21 heavy (non-hydrogen) atoms. The van der Waals surface area contributed by atoms with Crippen LogP contribution < -0.4 is 9.47 Å². The van der Waals surface area contributed by atoms with E-state index in [2.05, 4.69) is 61.6 Å². The third-order valence-electron chi connectivity index (χ3n) is 2.84. The zero-order valence-corrected chi connectivity index (χ0v) is 17.2. The summed E-state index contributed by atoms with van der Waals surface area (Å²) in [5, 5.41) is 0. The minimum absolute atomic E-state index is 0.709. The van der Waals surface area contributed by atoms with Crippen molar-refractivity contribution < 1.29 is 9.47 Å². The molecule has 1 aromatic carbocycles. The van der Waals surface area contributed by atoms with E-state index in [9.17, 15) is 0 Å². The van der Waals surface area contributed by atoms with Gasteiger partial charge in [0.25, 0.3) is 0 Å². The highest BCUT2D eigenvalue weighted by Gasteiger charge is 2.10. The number of ether oxygens (including phenoxy) is 2. The Morgan fingerprint density at radius 2 is 1.52 bits per heavy atom. The van der Waals surface area contributed by atoms with Crippen LogP contribution in [0.15, 0.2) is 20.0 Å². The van der Waals surface area contributed by atoms with Gasteiger partial charge in [-0.05, 0) is 68.5 Å². The second-order valence-electron chi connectivity index (χ2n) is 4.66. The highest BCUT2D eigenvalue weighted by molar-refractivity contribution is 9.28. The maximum atomic E-state index is 5.88. The number of hydrogen-bond acceptors (Lipinski definition) is 2. The van der Waals surface area contributed by atoms with E-state index in [-0.39, 0.29) is 0 Å². The first kappa shape index (κ1) is 19.0. The molecule has 0 aliphatic heterocycles. The molecular formula is C16H21Br3O2. The van der Waals surface area contributed by atoms with Crippen molar-refractivity contribution >= 4 is 53.9 Å². The van der Waals surface area contributed by atoms with E-state index in [0.29, 0.717) is 13.2 Å². The molecule has 2 nitrogen and oxygen atoms in total. The van der Waals surface area contributed by atoms with E-state index in [4.69, 9.17) is 9.47 Å². The van der Waals surface area contributed by atoms with Crippen LogP contribution >= 0.6 is 47.8 Å². The molecule has 0 bridgehead atoms. The van der Waals surface area contributed by atoms with Crippen molar-refractivity contribution in [2.75, 3.05) is 13.2 Å². The number of unbranched alkanes of at least 4 members (excludes halogenated alkanes) is 2. The first-order valence-electron chi connectivity index (χ1n) is 7.20. The Hall–Kier alpha value is -0.000000000000000167. The van der Waals surface area contributed by atoms with Crippen molar-refractivity contribution in [3.05, 3.63) is 25.6 Å². The summed E-state index contributed by atoms with van der Waals surface area (Å²) in [4.78, 5) is 0. The van der Waals surface area contributed by atoms with E-state index >= 15 is 0 Å². The van der Waals surface area contributed by atoms with Crippen LogP contribution in [0.4, 0.5) is 0 Å². The minimum Gasteiger partial charge on any atom is -0.490 e. The van der Waals surface area contributed by atoms with Crippen LogP contribution in [0.3, 0.4) is 0 Å². The molecule has 0 spiro atoms. The zero-order valence-electron chi connectivity index (χ0n) is 12.4. The molecule has 0 aromatic heterocycles. The molecule has 0 fully saturated rings. The normalized spacial score (nSPS) is 10.3. The molecule has 5 heteroatoms. The summed E-state index contributed by atoms with van der Waals surface area (Å²) in [5.74, 6) is 1.60. The maximum Gasteiger partial charge on any atom is 0.162 e. The largest absolute Gasteiger partial charge is 0.490 e. The monoisotopic (exact) mass is 482 g/mol. The smallest absolute Gasteiger partial charge is 0.162 e. The summed E-state index contributed by atoms with van der Waals surface area (Å²) >= 11 is 10.4. The molecule has 0 radical (unpaired) electrons. The standard InChI is InChI=1S/C16H21Br3O2/c1-3-5-7-20-14-9-12(10-16(18)19)13(17)11-15(14)21-8-6-4-2/h9-11H,3-8H2,1-2H3. The van der Waals surface area contributed by atoms with Gasteiger partial charge < -0.3 is 9.47 Å². The van der Waals surface area contributed by atoms with Gasteiger partial charge >= 0.3 is 0 Å². The summed E-state index contributed by atoms with van der Waals surface area (Å²) in [5.41, 5.74) is 1.04. The zero-order chi connectivity index (χ0) is 15.7. The van der Waals surface area contributed by atoms with Gasteiger partial charge in [0.15, 0.2) is 11.5 Å². The Morgan fingerprint density at radius 3 is 2.00 bits per heavy atom. The summed E-state index contributed by atoms with van der Waals surface area (Å²) in [6, 6.07) is 3.98. The molecule has 0 heterocycles. The summed E-state index contributed by atoms with van der Waals surface area (Å²) in [7, 11) is 0. The van der Waals surface area contributed by atoms with Crippen molar-refractivity contribution in [2.45, 2.75) is 39.5 Å². The predicted octanol–water partition coefficient (Wildman–Crippen LogP) is 6.90. The molecule has 0 N–H and O–H groups in total. The van der Waals surface area contributed by atoms with Crippen LogP contribution in [0.5, 0.6) is 11.5 Å². The fourth-order valence-electron chi connectivity index (χ4n) is 1.66. The van der Waals surface area contributed by atoms with Crippen LogP contribution in [-0.2, 0) is 0 Å². The minimum atomic E-state index is 0.709. The molecular weight excluding hydrogens is 464 g/mol. The molecule has 0 saturated carbocycles. The molecule has 0 aliphatic rings. The van der Waals surface area contributed by atoms with Crippen LogP contribution in [0.25, 0.3) is 6.08 Å². The number of halogens is 3. The van der Waals surface area contributed by atoms with Crippen LogP contribution in [-0.4, -0.2) is 13.2 Å². The number of hydrogen-bond donors (Lipinski definition) is 0. The van der Waals surface area contributed by atoms with Gasteiger partial charge in [-0.15, -0.1) is 0 Å². The lowest BCUT2D eigenvalue weighted by molar-refractivity contribution is 0.261. The Bertz CT molecular complexity index is 469. The van der Waals surface area contributed by atoms with Crippen LogP contribution in [0.1, 0.15) is 45.1 Å². The molecule has 0 amide bonds. The van der Waals surface area contributed by atoms with E-state index in [0.717, 1.165) is 50.6 Å². The van der Waals surface area contributed by atoms with Gasteiger partial charge in [-0.3, -0.25) is 0 Å². The lowest BCUT2D eigenvalue weighted by Crippen LogP contribution is -2.03. The van der Waals surface area contributed by atoms with Crippen molar-refractivity contribution in [1.82, 2.24) is 0 Å². The Morgan fingerprint density at radius 1 is 1.00 bits per heavy atom. The second-order valence-corrected chi connectivity index (χ2v) is 8.29. The van der Waals surface area contributed by atoms with Gasteiger partial charge in [-0.25, -0.2) is 0 Å². The molecule has 0 aliphatic carbocycles. The predicted molar refractivity (Wildman–Crippen MR) is 101 cm³/mol. The third kappa shape index (κ3) is 7.20. The highest BCUT2D eigenvalue weighted by Crippen LogP contribution is 2.36. The van der Waals surface area contributed by atoms with Crippen molar-refractivity contribution in [3.8, 4) is 11.5 Å². The number of rotatable bonds is 9. The van der Waals surface area contributed by atoms with E-state index in [1.54, 1.807) is 0 Å². The van der Waals surface area contributed by atoms with Crippen molar-refractivity contribution in [3.63, 3.8) is 0 Å². The van der Waals surface area contributed by atoms with Crippen LogP contribution in [0.2, 0.25) is 0 Å². The van der Waals surface area contributed by atoms with Gasteiger partial charge in [0.2, 0.25) is 0 Å². The topological polar surface area (TPSA) is 18.5 Å².